The van der Waals surface area contributed by atoms with Crippen LogP contribution in [0, 0.1) is 14.9 Å². The molecule has 0 bridgehead atoms. The molecule has 1 heterocycles. The van der Waals surface area contributed by atoms with Crippen LogP contribution in [0.4, 0.5) is 0 Å². The Hall–Kier alpha value is -0.796. The number of carbonyl (C=O) groups excluding carboxylic acids is 2. The van der Waals surface area contributed by atoms with Gasteiger partial charge >= 0.3 is 0 Å². The normalized spacial score (nSPS) is 13.3. The molecule has 1 radical (unpaired) electrons. The zero-order chi connectivity index (χ0) is 13.0. The predicted molar refractivity (Wildman–Crippen MR) is 82.7 cm³/mol. The zero-order valence-corrected chi connectivity index (χ0v) is 16.0. The summed E-state index contributed by atoms with van der Waals surface area (Å²) in [6.45, 7) is 2.87. The number of hydrogen-bond donors (Lipinski definition) is 0. The van der Waals surface area contributed by atoms with E-state index in [9.17, 15) is 9.59 Å². The summed E-state index contributed by atoms with van der Waals surface area (Å²) in [6.07, 6.45) is 2.98. The first-order chi connectivity index (χ1) is 8.66. The maximum atomic E-state index is 12.2. The number of carbonyl (C=O) groups is 2. The van der Waals surface area contributed by atoms with Crippen molar-refractivity contribution in [2.75, 3.05) is 6.54 Å². The monoisotopic (exact) mass is 362 g/mol. The minimum absolute atomic E-state index is 0. The Kier molecular flexibility index (Phi) is 11.6. The molecule has 0 aromatic heterocycles. The molecule has 1 aliphatic rings. The molecule has 1 aliphatic heterocycles. The van der Waals surface area contributed by atoms with E-state index in [0.717, 1.165) is 18.5 Å². The molecule has 0 saturated heterocycles. The molecule has 2 rings (SSSR count). The van der Waals surface area contributed by atoms with Gasteiger partial charge in [0.05, 0.1) is 0 Å². The van der Waals surface area contributed by atoms with Crippen molar-refractivity contribution in [1.29, 1.82) is 0 Å². The molecule has 1 amide bonds. The Labute approximate surface area is 153 Å². The Balaban J connectivity index is 0. The van der Waals surface area contributed by atoms with Gasteiger partial charge < -0.3 is 19.8 Å². The molecule has 0 aliphatic carbocycles. The standard InChI is InChI=1S/C15H17NO2.2CH3.Y/c1-12(17)10-14-8-5-9-16(15(14)18)11-13-6-3-2-4-7-13;;;/h2-4,6-8H,5,9-11H2,1H3;2*1H3;/q;2*-1;. The maximum Gasteiger partial charge on any atom is 0.250 e. The Morgan fingerprint density at radius 2 is 1.81 bits per heavy atom. The van der Waals surface area contributed by atoms with E-state index in [2.05, 4.69) is 0 Å². The molecule has 1 aromatic carbocycles. The summed E-state index contributed by atoms with van der Waals surface area (Å²) in [6, 6.07) is 9.92. The topological polar surface area (TPSA) is 37.4 Å². The van der Waals surface area contributed by atoms with E-state index < -0.39 is 0 Å². The van der Waals surface area contributed by atoms with E-state index in [0.29, 0.717) is 12.1 Å². The smallest absolute Gasteiger partial charge is 0.250 e. The largest absolute Gasteiger partial charge is 0.358 e. The molecule has 0 unspecified atom stereocenters. The average Bonchev–Trinajstić information content (AvgIpc) is 2.35. The van der Waals surface area contributed by atoms with Gasteiger partial charge in [-0.1, -0.05) is 36.4 Å². The van der Waals surface area contributed by atoms with E-state index in [1.54, 1.807) is 0 Å². The fourth-order valence-electron chi connectivity index (χ4n) is 2.16. The van der Waals surface area contributed by atoms with Gasteiger partial charge in [-0.25, -0.2) is 0 Å². The summed E-state index contributed by atoms with van der Waals surface area (Å²) in [5.41, 5.74) is 1.76. The van der Waals surface area contributed by atoms with E-state index in [1.807, 2.05) is 41.3 Å². The predicted octanol–water partition coefficient (Wildman–Crippen LogP) is 3.22. The van der Waals surface area contributed by atoms with Crippen molar-refractivity contribution in [2.24, 2.45) is 0 Å². The minimum Gasteiger partial charge on any atom is -0.358 e. The first kappa shape index (κ1) is 22.5. The van der Waals surface area contributed by atoms with Gasteiger partial charge in [0.15, 0.2) is 0 Å². The number of hydrogen-bond acceptors (Lipinski definition) is 2. The van der Waals surface area contributed by atoms with Crippen molar-refractivity contribution in [3.63, 3.8) is 0 Å². The summed E-state index contributed by atoms with van der Waals surface area (Å²) < 4.78 is 0. The van der Waals surface area contributed by atoms with Crippen LogP contribution < -0.4 is 0 Å². The van der Waals surface area contributed by atoms with Crippen molar-refractivity contribution in [3.05, 3.63) is 62.4 Å². The molecule has 0 N–H and O–H groups in total. The van der Waals surface area contributed by atoms with E-state index >= 15 is 0 Å². The molecular formula is C17H23NO2Y-2. The number of amides is 1. The summed E-state index contributed by atoms with van der Waals surface area (Å²) in [7, 11) is 0. The van der Waals surface area contributed by atoms with Crippen LogP contribution in [0.25, 0.3) is 0 Å². The summed E-state index contributed by atoms with van der Waals surface area (Å²) >= 11 is 0. The summed E-state index contributed by atoms with van der Waals surface area (Å²) in [4.78, 5) is 25.1. The Bertz CT molecular complexity index is 483. The van der Waals surface area contributed by atoms with Gasteiger partial charge in [0.25, 0.3) is 0 Å². The van der Waals surface area contributed by atoms with E-state index in [1.165, 1.54) is 6.92 Å². The number of ketones is 1. The van der Waals surface area contributed by atoms with Gasteiger partial charge in [-0.3, -0.25) is 9.59 Å². The van der Waals surface area contributed by atoms with E-state index in [4.69, 9.17) is 0 Å². The van der Waals surface area contributed by atoms with Crippen molar-refractivity contribution < 1.29 is 42.3 Å². The summed E-state index contributed by atoms with van der Waals surface area (Å²) in [5.74, 6) is 0.0384. The van der Waals surface area contributed by atoms with Crippen LogP contribution in [-0.4, -0.2) is 23.1 Å². The molecule has 0 atom stereocenters. The SMILES string of the molecule is CC(=O)CC1=CCCN(Cc2ccccc2)C1=O.[CH3-].[CH3-].[Y]. The van der Waals surface area contributed by atoms with Gasteiger partial charge in [0.1, 0.15) is 5.78 Å². The number of Topliss-reactive ketones (excluding diaryl/α,β-unsaturated/α-hetero) is 1. The Morgan fingerprint density at radius 1 is 1.19 bits per heavy atom. The second-order valence-corrected chi connectivity index (χ2v) is 4.61. The van der Waals surface area contributed by atoms with Crippen molar-refractivity contribution in [2.45, 2.75) is 26.3 Å². The van der Waals surface area contributed by atoms with Crippen LogP contribution in [0.1, 0.15) is 25.3 Å². The van der Waals surface area contributed by atoms with Crippen molar-refractivity contribution >= 4 is 11.7 Å². The number of rotatable bonds is 4. The molecule has 21 heavy (non-hydrogen) atoms. The third-order valence-electron chi connectivity index (χ3n) is 3.01. The van der Waals surface area contributed by atoms with Crippen LogP contribution in [0.2, 0.25) is 0 Å². The van der Waals surface area contributed by atoms with Gasteiger partial charge in [-0.05, 0) is 18.9 Å². The molecule has 0 fully saturated rings. The van der Waals surface area contributed by atoms with Crippen LogP contribution in [0.3, 0.4) is 0 Å². The quantitative estimate of drug-likeness (QED) is 0.772. The zero-order valence-electron chi connectivity index (χ0n) is 13.1. The molecule has 3 nitrogen and oxygen atoms in total. The van der Waals surface area contributed by atoms with E-state index in [-0.39, 0.29) is 65.7 Å². The van der Waals surface area contributed by atoms with Crippen molar-refractivity contribution in [3.8, 4) is 0 Å². The third-order valence-corrected chi connectivity index (χ3v) is 3.01. The molecule has 113 valence electrons. The van der Waals surface area contributed by atoms with Crippen LogP contribution >= 0.6 is 0 Å². The van der Waals surface area contributed by atoms with Gasteiger partial charge in [-0.15, -0.1) is 0 Å². The van der Waals surface area contributed by atoms with Crippen molar-refractivity contribution in [1.82, 2.24) is 4.90 Å². The first-order valence-corrected chi connectivity index (χ1v) is 6.18. The van der Waals surface area contributed by atoms with Gasteiger partial charge in [-0.2, -0.15) is 0 Å². The molecule has 1 aromatic rings. The molecular weight excluding hydrogens is 339 g/mol. The fourth-order valence-corrected chi connectivity index (χ4v) is 2.16. The average molecular weight is 362 g/mol. The van der Waals surface area contributed by atoms with Crippen LogP contribution in [0.15, 0.2) is 42.0 Å². The van der Waals surface area contributed by atoms with Gasteiger partial charge in [0.2, 0.25) is 5.91 Å². The first-order valence-electron chi connectivity index (χ1n) is 6.18. The third kappa shape index (κ3) is 6.66. The molecule has 0 saturated carbocycles. The minimum atomic E-state index is 0. The van der Waals surface area contributed by atoms with Crippen LogP contribution in [-0.2, 0) is 48.8 Å². The second-order valence-electron chi connectivity index (χ2n) is 4.61. The maximum absolute atomic E-state index is 12.2. The molecule has 4 heteroatoms. The second kappa shape index (κ2) is 10.9. The number of nitrogens with zero attached hydrogens (tertiary/aromatic N) is 1. The number of benzene rings is 1. The fraction of sp³-hybridized carbons (Fsp3) is 0.294. The van der Waals surface area contributed by atoms with Gasteiger partial charge in [0, 0.05) is 57.8 Å². The Morgan fingerprint density at radius 3 is 2.38 bits per heavy atom. The molecule has 0 spiro atoms. The van der Waals surface area contributed by atoms with Crippen LogP contribution in [0.5, 0.6) is 0 Å². The summed E-state index contributed by atoms with van der Waals surface area (Å²) in [5, 5.41) is 0.